The van der Waals surface area contributed by atoms with Crippen molar-refractivity contribution in [1.82, 2.24) is 4.90 Å². The summed E-state index contributed by atoms with van der Waals surface area (Å²) >= 11 is 0. The number of benzene rings is 1. The Balaban J connectivity index is 2.25. The monoisotopic (exact) mass is 233 g/mol. The molecule has 1 aromatic carbocycles. The Labute approximate surface area is 104 Å². The van der Waals surface area contributed by atoms with Gasteiger partial charge in [0, 0.05) is 31.9 Å². The number of hydrogen-bond donors (Lipinski definition) is 1. The lowest BCUT2D eigenvalue weighted by molar-refractivity contribution is 0.269. The van der Waals surface area contributed by atoms with Crippen molar-refractivity contribution in [2.75, 3.05) is 38.1 Å². The minimum absolute atomic E-state index is 0.440. The average molecular weight is 233 g/mol. The van der Waals surface area contributed by atoms with Crippen molar-refractivity contribution in [3.05, 3.63) is 29.3 Å². The fourth-order valence-corrected chi connectivity index (χ4v) is 2.67. The lowest BCUT2D eigenvalue weighted by atomic mass is 10.1. The number of anilines is 1. The molecule has 1 fully saturated rings. The Kier molecular flexibility index (Phi) is 3.69. The third kappa shape index (κ3) is 2.79. The van der Waals surface area contributed by atoms with Gasteiger partial charge in [0.15, 0.2) is 0 Å². The first-order valence-corrected chi connectivity index (χ1v) is 6.33. The Hall–Kier alpha value is -1.06. The van der Waals surface area contributed by atoms with Gasteiger partial charge in [-0.15, -0.1) is 0 Å². The fourth-order valence-electron chi connectivity index (χ4n) is 2.67. The second-order valence-electron chi connectivity index (χ2n) is 5.19. The summed E-state index contributed by atoms with van der Waals surface area (Å²) in [6.45, 7) is 8.28. The molecule has 1 unspecified atom stereocenters. The molecule has 2 rings (SSSR count). The van der Waals surface area contributed by atoms with Crippen molar-refractivity contribution in [3.63, 3.8) is 0 Å². The molecule has 1 saturated heterocycles. The fraction of sp³-hybridized carbons (Fsp3) is 0.571. The lowest BCUT2D eigenvalue weighted by Gasteiger charge is -2.41. The molecule has 2 N–H and O–H groups in total. The number of likely N-dealkylation sites (N-methyl/N-ethyl adjacent to an activating group) is 1. The van der Waals surface area contributed by atoms with Crippen LogP contribution in [0, 0.1) is 13.8 Å². The van der Waals surface area contributed by atoms with E-state index in [0.717, 1.165) is 26.2 Å². The standard InChI is InChI=1S/C14H23N3/c1-11-6-12(2)8-13(7-11)17-5-4-16(3)10-14(17)9-15/h6-8,14H,4-5,9-10,15H2,1-3H3. The van der Waals surface area contributed by atoms with E-state index in [4.69, 9.17) is 5.73 Å². The minimum atomic E-state index is 0.440. The smallest absolute Gasteiger partial charge is 0.0539 e. The van der Waals surface area contributed by atoms with Gasteiger partial charge in [-0.3, -0.25) is 0 Å². The molecule has 1 heterocycles. The zero-order valence-electron chi connectivity index (χ0n) is 11.1. The maximum absolute atomic E-state index is 5.90. The minimum Gasteiger partial charge on any atom is -0.365 e. The molecule has 94 valence electrons. The highest BCUT2D eigenvalue weighted by atomic mass is 15.3. The zero-order valence-corrected chi connectivity index (χ0v) is 11.1. The molecule has 0 radical (unpaired) electrons. The molecule has 0 aliphatic carbocycles. The normalized spacial score (nSPS) is 21.9. The summed E-state index contributed by atoms with van der Waals surface area (Å²) in [6, 6.07) is 7.19. The molecular formula is C14H23N3. The Morgan fingerprint density at radius 2 is 1.82 bits per heavy atom. The predicted octanol–water partition coefficient (Wildman–Crippen LogP) is 1.38. The van der Waals surface area contributed by atoms with Gasteiger partial charge in [0.2, 0.25) is 0 Å². The van der Waals surface area contributed by atoms with Crippen molar-refractivity contribution in [1.29, 1.82) is 0 Å². The summed E-state index contributed by atoms with van der Waals surface area (Å²) in [5.74, 6) is 0. The van der Waals surface area contributed by atoms with Gasteiger partial charge in [-0.1, -0.05) is 6.07 Å². The van der Waals surface area contributed by atoms with Crippen LogP contribution >= 0.6 is 0 Å². The highest BCUT2D eigenvalue weighted by Crippen LogP contribution is 2.22. The Morgan fingerprint density at radius 3 is 2.41 bits per heavy atom. The third-order valence-electron chi connectivity index (χ3n) is 3.50. The van der Waals surface area contributed by atoms with Gasteiger partial charge < -0.3 is 15.5 Å². The second-order valence-corrected chi connectivity index (χ2v) is 5.19. The van der Waals surface area contributed by atoms with Crippen molar-refractivity contribution in [2.45, 2.75) is 19.9 Å². The number of nitrogens with zero attached hydrogens (tertiary/aromatic N) is 2. The maximum atomic E-state index is 5.90. The van der Waals surface area contributed by atoms with Crippen molar-refractivity contribution < 1.29 is 0 Å². The van der Waals surface area contributed by atoms with Crippen LogP contribution in [0.5, 0.6) is 0 Å². The highest BCUT2D eigenvalue weighted by Gasteiger charge is 2.24. The van der Waals surface area contributed by atoms with Gasteiger partial charge in [0.25, 0.3) is 0 Å². The van der Waals surface area contributed by atoms with Crippen LogP contribution in [-0.4, -0.2) is 44.2 Å². The SMILES string of the molecule is Cc1cc(C)cc(N2CCN(C)CC2CN)c1. The average Bonchev–Trinajstić information content (AvgIpc) is 2.27. The first-order valence-electron chi connectivity index (χ1n) is 6.33. The molecule has 1 aliphatic rings. The number of piperazine rings is 1. The van der Waals surface area contributed by atoms with Crippen LogP contribution in [0.4, 0.5) is 5.69 Å². The highest BCUT2D eigenvalue weighted by molar-refractivity contribution is 5.52. The van der Waals surface area contributed by atoms with Crippen LogP contribution in [0.3, 0.4) is 0 Å². The van der Waals surface area contributed by atoms with Crippen LogP contribution in [0.1, 0.15) is 11.1 Å². The second kappa shape index (κ2) is 5.07. The molecule has 0 spiro atoms. The van der Waals surface area contributed by atoms with E-state index < -0.39 is 0 Å². The molecule has 3 heteroatoms. The molecule has 17 heavy (non-hydrogen) atoms. The Morgan fingerprint density at radius 1 is 1.18 bits per heavy atom. The van der Waals surface area contributed by atoms with Crippen molar-refractivity contribution in [2.24, 2.45) is 5.73 Å². The van der Waals surface area contributed by atoms with E-state index in [9.17, 15) is 0 Å². The quantitative estimate of drug-likeness (QED) is 0.837. The summed E-state index contributed by atoms with van der Waals surface area (Å²) in [6.07, 6.45) is 0. The third-order valence-corrected chi connectivity index (χ3v) is 3.50. The van der Waals surface area contributed by atoms with Gasteiger partial charge in [0.1, 0.15) is 0 Å². The predicted molar refractivity (Wildman–Crippen MR) is 73.6 cm³/mol. The van der Waals surface area contributed by atoms with Crippen LogP contribution in [0.25, 0.3) is 0 Å². The van der Waals surface area contributed by atoms with E-state index in [1.807, 2.05) is 0 Å². The van der Waals surface area contributed by atoms with Crippen LogP contribution < -0.4 is 10.6 Å². The van der Waals surface area contributed by atoms with E-state index in [-0.39, 0.29) is 0 Å². The summed E-state index contributed by atoms with van der Waals surface area (Å²) in [5.41, 5.74) is 9.88. The summed E-state index contributed by atoms with van der Waals surface area (Å²) in [7, 11) is 2.17. The van der Waals surface area contributed by atoms with Gasteiger partial charge in [-0.25, -0.2) is 0 Å². The molecule has 0 aromatic heterocycles. The summed E-state index contributed by atoms with van der Waals surface area (Å²) < 4.78 is 0. The van der Waals surface area contributed by atoms with Crippen LogP contribution in [0.2, 0.25) is 0 Å². The van der Waals surface area contributed by atoms with E-state index in [1.165, 1.54) is 16.8 Å². The molecular weight excluding hydrogens is 210 g/mol. The summed E-state index contributed by atoms with van der Waals surface area (Å²) in [4.78, 5) is 4.82. The zero-order chi connectivity index (χ0) is 12.4. The molecule has 0 saturated carbocycles. The van der Waals surface area contributed by atoms with Crippen molar-refractivity contribution >= 4 is 5.69 Å². The largest absolute Gasteiger partial charge is 0.365 e. The van der Waals surface area contributed by atoms with E-state index >= 15 is 0 Å². The van der Waals surface area contributed by atoms with E-state index in [2.05, 4.69) is 48.9 Å². The molecule has 0 amide bonds. The van der Waals surface area contributed by atoms with Crippen LogP contribution in [-0.2, 0) is 0 Å². The first kappa shape index (κ1) is 12.4. The van der Waals surface area contributed by atoms with Crippen molar-refractivity contribution in [3.8, 4) is 0 Å². The van der Waals surface area contributed by atoms with Gasteiger partial charge in [0.05, 0.1) is 6.04 Å². The molecule has 1 aliphatic heterocycles. The number of aryl methyl sites for hydroxylation is 2. The summed E-state index contributed by atoms with van der Waals surface area (Å²) in [5, 5.41) is 0. The van der Waals surface area contributed by atoms with Crippen LogP contribution in [0.15, 0.2) is 18.2 Å². The molecule has 1 atom stereocenters. The first-order chi connectivity index (χ1) is 8.10. The Bertz CT molecular complexity index is 369. The van der Waals surface area contributed by atoms with E-state index in [1.54, 1.807) is 0 Å². The maximum Gasteiger partial charge on any atom is 0.0539 e. The molecule has 0 bridgehead atoms. The number of hydrogen-bond acceptors (Lipinski definition) is 3. The van der Waals surface area contributed by atoms with Gasteiger partial charge >= 0.3 is 0 Å². The number of rotatable bonds is 2. The van der Waals surface area contributed by atoms with Gasteiger partial charge in [-0.2, -0.15) is 0 Å². The van der Waals surface area contributed by atoms with Gasteiger partial charge in [-0.05, 0) is 44.2 Å². The topological polar surface area (TPSA) is 32.5 Å². The number of nitrogens with two attached hydrogens (primary N) is 1. The lowest BCUT2D eigenvalue weighted by Crippen LogP contribution is -2.55. The van der Waals surface area contributed by atoms with E-state index in [0.29, 0.717) is 6.04 Å². The molecule has 1 aromatic rings. The molecule has 3 nitrogen and oxygen atoms in total.